The van der Waals surface area contributed by atoms with Crippen LogP contribution >= 0.6 is 11.6 Å². The smallest absolute Gasteiger partial charge is 0.212 e. The van der Waals surface area contributed by atoms with Gasteiger partial charge in [-0.2, -0.15) is 0 Å². The maximum Gasteiger partial charge on any atom is 0.212 e. The summed E-state index contributed by atoms with van der Waals surface area (Å²) < 4.78 is 26.0. The van der Waals surface area contributed by atoms with E-state index in [-0.39, 0.29) is 5.75 Å². The molecule has 0 aliphatic heterocycles. The molecule has 1 fully saturated rings. The van der Waals surface area contributed by atoms with Crippen LogP contribution in [0.25, 0.3) is 0 Å². The molecule has 0 unspecified atom stereocenters. The number of hydrogen-bond donors (Lipinski definition) is 2. The van der Waals surface area contributed by atoms with Crippen molar-refractivity contribution in [3.8, 4) is 0 Å². The zero-order chi connectivity index (χ0) is 13.7. The van der Waals surface area contributed by atoms with E-state index < -0.39 is 10.0 Å². The lowest BCUT2D eigenvalue weighted by Crippen LogP contribution is -2.33. The largest absolute Gasteiger partial charge is 0.313 e. The van der Waals surface area contributed by atoms with Crippen LogP contribution in [0.2, 0.25) is 5.02 Å². The number of sulfonamides is 1. The van der Waals surface area contributed by atoms with Crippen molar-refractivity contribution in [3.63, 3.8) is 0 Å². The maximum atomic E-state index is 11.7. The van der Waals surface area contributed by atoms with Crippen molar-refractivity contribution in [2.75, 3.05) is 18.8 Å². The molecular formula is C13H19ClN2O2S. The van der Waals surface area contributed by atoms with Crippen LogP contribution in [0.15, 0.2) is 24.3 Å². The van der Waals surface area contributed by atoms with Gasteiger partial charge in [-0.15, -0.1) is 0 Å². The molecule has 106 valence electrons. The Morgan fingerprint density at radius 1 is 1.16 bits per heavy atom. The van der Waals surface area contributed by atoms with Gasteiger partial charge in [0.25, 0.3) is 0 Å². The lowest BCUT2D eigenvalue weighted by atomic mass is 10.2. The summed E-state index contributed by atoms with van der Waals surface area (Å²) in [4.78, 5) is 0. The Morgan fingerprint density at radius 3 is 2.47 bits per heavy atom. The zero-order valence-corrected chi connectivity index (χ0v) is 12.3. The Kier molecular flexibility index (Phi) is 5.21. The zero-order valence-electron chi connectivity index (χ0n) is 10.7. The monoisotopic (exact) mass is 302 g/mol. The number of hydrogen-bond acceptors (Lipinski definition) is 3. The average Bonchev–Trinajstić information content (AvgIpc) is 3.15. The summed E-state index contributed by atoms with van der Waals surface area (Å²) in [5, 5.41) is 3.88. The summed E-state index contributed by atoms with van der Waals surface area (Å²) in [7, 11) is -3.17. The summed E-state index contributed by atoms with van der Waals surface area (Å²) in [5.41, 5.74) is 1.07. The highest BCUT2D eigenvalue weighted by atomic mass is 35.5. The van der Waals surface area contributed by atoms with E-state index in [4.69, 9.17) is 11.6 Å². The van der Waals surface area contributed by atoms with Crippen molar-refractivity contribution in [1.82, 2.24) is 10.0 Å². The lowest BCUT2D eigenvalue weighted by Gasteiger charge is -2.07. The van der Waals surface area contributed by atoms with Gasteiger partial charge in [-0.3, -0.25) is 0 Å². The minimum Gasteiger partial charge on any atom is -0.313 e. The fourth-order valence-electron chi connectivity index (χ4n) is 1.76. The molecule has 2 rings (SSSR count). The number of nitrogens with one attached hydrogen (secondary N) is 2. The maximum absolute atomic E-state index is 11.7. The van der Waals surface area contributed by atoms with Gasteiger partial charge < -0.3 is 5.32 Å². The van der Waals surface area contributed by atoms with E-state index in [1.807, 2.05) is 24.3 Å². The molecule has 0 spiro atoms. The quantitative estimate of drug-likeness (QED) is 0.766. The summed E-state index contributed by atoms with van der Waals surface area (Å²) in [6.07, 6.45) is 3.01. The fourth-order valence-corrected chi connectivity index (χ4v) is 2.83. The molecule has 0 heterocycles. The first-order chi connectivity index (χ1) is 9.05. The predicted octanol–water partition coefficient (Wildman–Crippen LogP) is 1.55. The number of halogens is 1. The van der Waals surface area contributed by atoms with E-state index in [1.54, 1.807) is 0 Å². The Morgan fingerprint density at radius 2 is 1.84 bits per heavy atom. The highest BCUT2D eigenvalue weighted by Gasteiger charge is 2.20. The minimum atomic E-state index is -3.17. The summed E-state index contributed by atoms with van der Waals surface area (Å²) in [5.74, 6) is 0.143. The molecule has 1 aliphatic rings. The minimum absolute atomic E-state index is 0.143. The molecule has 19 heavy (non-hydrogen) atoms. The van der Waals surface area contributed by atoms with Gasteiger partial charge in [-0.05, 0) is 37.0 Å². The second-order valence-corrected chi connectivity index (χ2v) is 7.18. The third kappa shape index (κ3) is 5.91. The molecule has 0 saturated heterocycles. The first-order valence-corrected chi connectivity index (χ1v) is 8.53. The van der Waals surface area contributed by atoms with Crippen LogP contribution in [0, 0.1) is 0 Å². The molecule has 4 nitrogen and oxygen atoms in total. The molecule has 1 aliphatic carbocycles. The van der Waals surface area contributed by atoms with Gasteiger partial charge in [-0.1, -0.05) is 23.7 Å². The summed E-state index contributed by atoms with van der Waals surface area (Å²) >= 11 is 5.79. The highest BCUT2D eigenvalue weighted by Crippen LogP contribution is 2.18. The van der Waals surface area contributed by atoms with Crippen LogP contribution < -0.4 is 10.0 Å². The van der Waals surface area contributed by atoms with E-state index in [0.717, 1.165) is 5.56 Å². The lowest BCUT2D eigenvalue weighted by molar-refractivity contribution is 0.576. The Hall–Kier alpha value is -0.620. The van der Waals surface area contributed by atoms with E-state index in [1.165, 1.54) is 12.8 Å². The standard InChI is InChI=1S/C13H19ClN2O2S/c14-12-3-1-11(2-4-12)7-8-16-19(17,18)10-9-15-13-5-6-13/h1-4,13,15-16H,5-10H2. The van der Waals surface area contributed by atoms with Crippen LogP contribution in [0.4, 0.5) is 0 Å². The Labute approximate surface area is 119 Å². The van der Waals surface area contributed by atoms with Crippen molar-refractivity contribution < 1.29 is 8.42 Å². The second kappa shape index (κ2) is 6.70. The van der Waals surface area contributed by atoms with Crippen molar-refractivity contribution in [1.29, 1.82) is 0 Å². The van der Waals surface area contributed by atoms with Gasteiger partial charge in [0.15, 0.2) is 0 Å². The van der Waals surface area contributed by atoms with Crippen LogP contribution in [-0.4, -0.2) is 33.3 Å². The van der Waals surface area contributed by atoms with Gasteiger partial charge in [0.05, 0.1) is 5.75 Å². The third-order valence-electron chi connectivity index (χ3n) is 3.03. The van der Waals surface area contributed by atoms with E-state index in [0.29, 0.717) is 30.6 Å². The van der Waals surface area contributed by atoms with Gasteiger partial charge in [0.1, 0.15) is 0 Å². The Bertz CT molecular complexity index is 498. The predicted molar refractivity (Wildman–Crippen MR) is 78.0 cm³/mol. The van der Waals surface area contributed by atoms with Crippen LogP contribution in [-0.2, 0) is 16.4 Å². The Balaban J connectivity index is 1.66. The second-order valence-electron chi connectivity index (χ2n) is 4.82. The molecule has 1 aromatic rings. The molecule has 0 atom stereocenters. The van der Waals surface area contributed by atoms with Gasteiger partial charge in [0.2, 0.25) is 10.0 Å². The number of rotatable bonds is 8. The van der Waals surface area contributed by atoms with Gasteiger partial charge in [-0.25, -0.2) is 13.1 Å². The van der Waals surface area contributed by atoms with Crippen molar-refractivity contribution >= 4 is 21.6 Å². The first kappa shape index (κ1) is 14.8. The third-order valence-corrected chi connectivity index (χ3v) is 4.67. The molecule has 1 aromatic carbocycles. The van der Waals surface area contributed by atoms with Crippen molar-refractivity contribution in [3.05, 3.63) is 34.9 Å². The molecule has 1 saturated carbocycles. The van der Waals surface area contributed by atoms with Crippen LogP contribution in [0.5, 0.6) is 0 Å². The molecule has 2 N–H and O–H groups in total. The molecule has 0 radical (unpaired) electrons. The van der Waals surface area contributed by atoms with Gasteiger partial charge >= 0.3 is 0 Å². The summed E-state index contributed by atoms with van der Waals surface area (Å²) in [6, 6.07) is 7.98. The average molecular weight is 303 g/mol. The highest BCUT2D eigenvalue weighted by molar-refractivity contribution is 7.89. The van der Waals surface area contributed by atoms with Crippen molar-refractivity contribution in [2.24, 2.45) is 0 Å². The molecule has 6 heteroatoms. The van der Waals surface area contributed by atoms with E-state index in [9.17, 15) is 8.42 Å². The molecule has 0 amide bonds. The van der Waals surface area contributed by atoms with Crippen LogP contribution in [0.3, 0.4) is 0 Å². The van der Waals surface area contributed by atoms with E-state index in [2.05, 4.69) is 10.0 Å². The van der Waals surface area contributed by atoms with E-state index >= 15 is 0 Å². The fraction of sp³-hybridized carbons (Fsp3) is 0.538. The van der Waals surface area contributed by atoms with Crippen molar-refractivity contribution in [2.45, 2.75) is 25.3 Å². The normalized spacial score (nSPS) is 15.6. The number of benzene rings is 1. The van der Waals surface area contributed by atoms with Gasteiger partial charge in [0, 0.05) is 24.2 Å². The molecule has 0 aromatic heterocycles. The van der Waals surface area contributed by atoms with Crippen LogP contribution in [0.1, 0.15) is 18.4 Å². The molecular weight excluding hydrogens is 284 g/mol. The topological polar surface area (TPSA) is 58.2 Å². The molecule has 0 bridgehead atoms. The SMILES string of the molecule is O=S(=O)(CCNC1CC1)NCCc1ccc(Cl)cc1. The first-order valence-electron chi connectivity index (χ1n) is 6.50. The summed E-state index contributed by atoms with van der Waals surface area (Å²) in [6.45, 7) is 0.953.